The quantitative estimate of drug-likeness (QED) is 0.842. The summed E-state index contributed by atoms with van der Waals surface area (Å²) in [7, 11) is 0. The number of nitrogens with one attached hydrogen (secondary N) is 1. The van der Waals surface area contributed by atoms with Gasteiger partial charge in [0.25, 0.3) is 0 Å². The highest BCUT2D eigenvalue weighted by molar-refractivity contribution is 9.10. The Balaban J connectivity index is 2.05. The summed E-state index contributed by atoms with van der Waals surface area (Å²) in [6.45, 7) is 5.31. The van der Waals surface area contributed by atoms with Gasteiger partial charge in [0.1, 0.15) is 6.04 Å². The van der Waals surface area contributed by atoms with Gasteiger partial charge < -0.3 is 10.1 Å². The molecular formula is C13H18BrN3O2. The van der Waals surface area contributed by atoms with E-state index in [0.717, 1.165) is 23.1 Å². The van der Waals surface area contributed by atoms with Crippen molar-refractivity contribution in [2.75, 3.05) is 26.2 Å². The van der Waals surface area contributed by atoms with E-state index in [4.69, 9.17) is 4.74 Å². The Bertz CT molecular complexity index is 442. The number of ether oxygens (including phenoxy) is 1. The molecule has 1 fully saturated rings. The van der Waals surface area contributed by atoms with Crippen LogP contribution in [0.1, 0.15) is 12.5 Å². The lowest BCUT2D eigenvalue weighted by atomic mass is 10.1. The van der Waals surface area contributed by atoms with E-state index in [-0.39, 0.29) is 12.0 Å². The smallest absolute Gasteiger partial charge is 0.324 e. The fourth-order valence-electron chi connectivity index (χ4n) is 2.18. The summed E-state index contributed by atoms with van der Waals surface area (Å²) in [4.78, 5) is 18.2. The van der Waals surface area contributed by atoms with E-state index >= 15 is 0 Å². The van der Waals surface area contributed by atoms with Gasteiger partial charge in [-0.05, 0) is 34.5 Å². The van der Waals surface area contributed by atoms with Crippen LogP contribution in [-0.4, -0.2) is 48.1 Å². The largest absolute Gasteiger partial charge is 0.465 e. The lowest BCUT2D eigenvalue weighted by molar-refractivity contribution is -0.150. The van der Waals surface area contributed by atoms with Gasteiger partial charge in [-0.2, -0.15) is 0 Å². The third-order valence-corrected chi connectivity index (χ3v) is 3.49. The molecule has 0 bridgehead atoms. The zero-order chi connectivity index (χ0) is 13.7. The molecule has 104 valence electrons. The number of rotatable bonds is 4. The minimum absolute atomic E-state index is 0.155. The third-order valence-electron chi connectivity index (χ3n) is 3.06. The van der Waals surface area contributed by atoms with Gasteiger partial charge in [-0.15, -0.1) is 0 Å². The van der Waals surface area contributed by atoms with Crippen molar-refractivity contribution in [3.8, 4) is 0 Å². The van der Waals surface area contributed by atoms with Crippen LogP contribution in [0, 0.1) is 0 Å². The van der Waals surface area contributed by atoms with Crippen molar-refractivity contribution in [2.24, 2.45) is 0 Å². The van der Waals surface area contributed by atoms with Crippen LogP contribution in [0.25, 0.3) is 0 Å². The summed E-state index contributed by atoms with van der Waals surface area (Å²) >= 11 is 3.41. The average Bonchev–Trinajstić information content (AvgIpc) is 2.39. The molecule has 2 rings (SSSR count). The predicted molar refractivity (Wildman–Crippen MR) is 75.6 cm³/mol. The van der Waals surface area contributed by atoms with Crippen LogP contribution < -0.4 is 5.32 Å². The molecule has 1 aliphatic rings. The summed E-state index contributed by atoms with van der Waals surface area (Å²) in [6, 6.07) is 1.81. The van der Waals surface area contributed by atoms with Crippen molar-refractivity contribution < 1.29 is 9.53 Å². The highest BCUT2D eigenvalue weighted by atomic mass is 79.9. The van der Waals surface area contributed by atoms with Crippen LogP contribution in [0.3, 0.4) is 0 Å². The number of aromatic nitrogens is 1. The fourth-order valence-corrected chi connectivity index (χ4v) is 2.60. The molecular weight excluding hydrogens is 310 g/mol. The molecule has 0 radical (unpaired) electrons. The second kappa shape index (κ2) is 6.98. The molecule has 19 heavy (non-hydrogen) atoms. The molecule has 0 amide bonds. The zero-order valence-electron chi connectivity index (χ0n) is 10.9. The van der Waals surface area contributed by atoms with Crippen molar-refractivity contribution >= 4 is 21.9 Å². The van der Waals surface area contributed by atoms with Gasteiger partial charge in [0.05, 0.1) is 6.61 Å². The van der Waals surface area contributed by atoms with Crippen molar-refractivity contribution in [2.45, 2.75) is 19.5 Å². The van der Waals surface area contributed by atoms with Crippen molar-refractivity contribution in [1.29, 1.82) is 0 Å². The standard InChI is InChI=1S/C13H18BrN3O2/c1-2-19-13(18)12-8-15-3-4-17(12)9-10-5-11(14)7-16-6-10/h5-7,12,15H,2-4,8-9H2,1H3. The molecule has 1 aromatic rings. The van der Waals surface area contributed by atoms with E-state index in [1.54, 1.807) is 6.20 Å². The van der Waals surface area contributed by atoms with E-state index in [1.807, 2.05) is 19.2 Å². The maximum absolute atomic E-state index is 11.9. The molecule has 0 saturated carbocycles. The molecule has 1 aromatic heterocycles. The Labute approximate surface area is 121 Å². The number of carbonyl (C=O) groups is 1. The topological polar surface area (TPSA) is 54.5 Å². The van der Waals surface area contributed by atoms with E-state index in [2.05, 4.69) is 31.1 Å². The van der Waals surface area contributed by atoms with Gasteiger partial charge in [-0.3, -0.25) is 14.7 Å². The van der Waals surface area contributed by atoms with Crippen LogP contribution >= 0.6 is 15.9 Å². The van der Waals surface area contributed by atoms with Gasteiger partial charge in [-0.25, -0.2) is 0 Å². The molecule has 1 saturated heterocycles. The van der Waals surface area contributed by atoms with Gasteiger partial charge in [0, 0.05) is 43.0 Å². The zero-order valence-corrected chi connectivity index (χ0v) is 12.5. The SMILES string of the molecule is CCOC(=O)C1CNCCN1Cc1cncc(Br)c1. The molecule has 6 heteroatoms. The lowest BCUT2D eigenvalue weighted by Gasteiger charge is -2.34. The molecule has 0 aliphatic carbocycles. The summed E-state index contributed by atoms with van der Waals surface area (Å²) in [6.07, 6.45) is 3.58. The monoisotopic (exact) mass is 327 g/mol. The first-order valence-corrected chi connectivity index (χ1v) is 7.21. The summed E-state index contributed by atoms with van der Waals surface area (Å²) in [5, 5.41) is 3.23. The molecule has 0 spiro atoms. The van der Waals surface area contributed by atoms with Crippen molar-refractivity contribution in [3.05, 3.63) is 28.5 Å². The summed E-state index contributed by atoms with van der Waals surface area (Å²) < 4.78 is 6.08. The number of piperazine rings is 1. The van der Waals surface area contributed by atoms with Crippen LogP contribution in [-0.2, 0) is 16.1 Å². The summed E-state index contributed by atoms with van der Waals surface area (Å²) in [5.41, 5.74) is 1.09. The van der Waals surface area contributed by atoms with Crippen LogP contribution in [0.5, 0.6) is 0 Å². The average molecular weight is 328 g/mol. The number of hydrogen-bond acceptors (Lipinski definition) is 5. The molecule has 1 aliphatic heterocycles. The van der Waals surface area contributed by atoms with Gasteiger partial charge in [0.15, 0.2) is 0 Å². The number of nitrogens with zero attached hydrogens (tertiary/aromatic N) is 2. The maximum Gasteiger partial charge on any atom is 0.324 e. The first-order valence-electron chi connectivity index (χ1n) is 6.41. The van der Waals surface area contributed by atoms with Crippen molar-refractivity contribution in [1.82, 2.24) is 15.2 Å². The number of carbonyl (C=O) groups excluding carboxylic acids is 1. The van der Waals surface area contributed by atoms with E-state index in [9.17, 15) is 4.79 Å². The van der Waals surface area contributed by atoms with E-state index in [0.29, 0.717) is 19.7 Å². The molecule has 0 aromatic carbocycles. The Hall–Kier alpha value is -0.980. The second-order valence-electron chi connectivity index (χ2n) is 4.45. The Morgan fingerprint density at radius 2 is 2.47 bits per heavy atom. The third kappa shape index (κ3) is 3.99. The molecule has 1 N–H and O–H groups in total. The second-order valence-corrected chi connectivity index (χ2v) is 5.37. The molecule has 1 atom stereocenters. The lowest BCUT2D eigenvalue weighted by Crippen LogP contribution is -2.54. The fraction of sp³-hybridized carbons (Fsp3) is 0.538. The number of pyridine rings is 1. The number of halogens is 1. The van der Waals surface area contributed by atoms with Gasteiger partial charge in [-0.1, -0.05) is 0 Å². The molecule has 5 nitrogen and oxygen atoms in total. The van der Waals surface area contributed by atoms with Crippen molar-refractivity contribution in [3.63, 3.8) is 0 Å². The normalized spacial score (nSPS) is 20.2. The number of hydrogen-bond donors (Lipinski definition) is 1. The molecule has 2 heterocycles. The molecule has 1 unspecified atom stereocenters. The number of esters is 1. The van der Waals surface area contributed by atoms with Gasteiger partial charge in [0.2, 0.25) is 0 Å². The van der Waals surface area contributed by atoms with E-state index < -0.39 is 0 Å². The Kier molecular flexibility index (Phi) is 5.30. The maximum atomic E-state index is 11.9. The highest BCUT2D eigenvalue weighted by Gasteiger charge is 2.29. The minimum atomic E-state index is -0.215. The first kappa shape index (κ1) is 14.4. The minimum Gasteiger partial charge on any atom is -0.465 e. The van der Waals surface area contributed by atoms with Crippen LogP contribution in [0.15, 0.2) is 22.9 Å². The predicted octanol–water partition coefficient (Wildman–Crippen LogP) is 1.18. The van der Waals surface area contributed by atoms with E-state index in [1.165, 1.54) is 0 Å². The van der Waals surface area contributed by atoms with Crippen LogP contribution in [0.4, 0.5) is 0 Å². The van der Waals surface area contributed by atoms with Gasteiger partial charge >= 0.3 is 5.97 Å². The van der Waals surface area contributed by atoms with Crippen LogP contribution in [0.2, 0.25) is 0 Å². The highest BCUT2D eigenvalue weighted by Crippen LogP contribution is 2.14. The Morgan fingerprint density at radius 1 is 1.63 bits per heavy atom. The first-order chi connectivity index (χ1) is 9.20. The Morgan fingerprint density at radius 3 is 3.21 bits per heavy atom. The summed E-state index contributed by atoms with van der Waals surface area (Å²) in [5.74, 6) is -0.155.